The lowest BCUT2D eigenvalue weighted by Gasteiger charge is -2.41. The first-order chi connectivity index (χ1) is 13.0. The lowest BCUT2D eigenvalue weighted by atomic mass is 9.74. The fourth-order valence-corrected chi connectivity index (χ4v) is 2.86. The summed E-state index contributed by atoms with van der Waals surface area (Å²) in [6.45, 7) is 0. The molecule has 0 unspecified atom stereocenters. The molecule has 0 amide bonds. The molecule has 6 nitrogen and oxygen atoms in total. The SMILES string of the molecule is Fc1ccc(F)c(C2(Oc3ncc(-c4nnc(C(F)F)o4)cn3)CCC2)c1. The highest BCUT2D eigenvalue weighted by Gasteiger charge is 2.44. The molecule has 1 aliphatic carbocycles. The third kappa shape index (κ3) is 3.22. The van der Waals surface area contributed by atoms with Crippen LogP contribution in [-0.4, -0.2) is 20.2 Å². The second-order valence-electron chi connectivity index (χ2n) is 6.07. The molecule has 2 heterocycles. The molecule has 3 aromatic rings. The minimum Gasteiger partial charge on any atom is -0.452 e. The largest absolute Gasteiger partial charge is 0.452 e. The van der Waals surface area contributed by atoms with Gasteiger partial charge in [0, 0.05) is 18.0 Å². The van der Waals surface area contributed by atoms with Gasteiger partial charge in [-0.2, -0.15) is 8.78 Å². The van der Waals surface area contributed by atoms with Gasteiger partial charge in [0.15, 0.2) is 0 Å². The third-order valence-corrected chi connectivity index (χ3v) is 4.37. The molecule has 0 spiro atoms. The summed E-state index contributed by atoms with van der Waals surface area (Å²) in [5.74, 6) is -2.10. The van der Waals surface area contributed by atoms with Gasteiger partial charge in [-0.15, -0.1) is 10.2 Å². The number of aromatic nitrogens is 4. The fourth-order valence-electron chi connectivity index (χ4n) is 2.86. The Labute approximate surface area is 150 Å². The maximum Gasteiger partial charge on any atom is 0.317 e. The van der Waals surface area contributed by atoms with E-state index >= 15 is 0 Å². The Bertz CT molecular complexity index is 958. The number of ether oxygens (including phenoxy) is 1. The second-order valence-corrected chi connectivity index (χ2v) is 6.07. The Kier molecular flexibility index (Phi) is 4.25. The topological polar surface area (TPSA) is 73.9 Å². The van der Waals surface area contributed by atoms with E-state index in [0.717, 1.165) is 24.6 Å². The van der Waals surface area contributed by atoms with Crippen LogP contribution in [0.3, 0.4) is 0 Å². The van der Waals surface area contributed by atoms with Crippen LogP contribution in [0.5, 0.6) is 6.01 Å². The quantitative estimate of drug-likeness (QED) is 0.618. The van der Waals surface area contributed by atoms with Gasteiger partial charge >= 0.3 is 12.4 Å². The van der Waals surface area contributed by atoms with E-state index in [9.17, 15) is 17.6 Å². The third-order valence-electron chi connectivity index (χ3n) is 4.37. The van der Waals surface area contributed by atoms with Crippen molar-refractivity contribution in [1.82, 2.24) is 20.2 Å². The lowest BCUT2D eigenvalue weighted by Crippen LogP contribution is -2.41. The monoisotopic (exact) mass is 380 g/mol. The molecule has 1 fully saturated rings. The number of hydrogen-bond donors (Lipinski definition) is 0. The predicted molar refractivity (Wildman–Crippen MR) is 82.8 cm³/mol. The van der Waals surface area contributed by atoms with Crippen LogP contribution in [0.25, 0.3) is 11.5 Å². The smallest absolute Gasteiger partial charge is 0.317 e. The number of alkyl halides is 2. The van der Waals surface area contributed by atoms with Gasteiger partial charge < -0.3 is 9.15 Å². The Balaban J connectivity index is 1.57. The van der Waals surface area contributed by atoms with Crippen LogP contribution in [0.2, 0.25) is 0 Å². The number of benzene rings is 1. The Morgan fingerprint density at radius 3 is 2.41 bits per heavy atom. The molecule has 0 aliphatic heterocycles. The van der Waals surface area contributed by atoms with E-state index in [1.54, 1.807) is 0 Å². The van der Waals surface area contributed by atoms with Gasteiger partial charge in [0.25, 0.3) is 11.8 Å². The zero-order valence-corrected chi connectivity index (χ0v) is 13.7. The molecule has 10 heteroatoms. The predicted octanol–water partition coefficient (Wildman–Crippen LogP) is 4.20. The van der Waals surface area contributed by atoms with E-state index in [0.29, 0.717) is 12.8 Å². The summed E-state index contributed by atoms with van der Waals surface area (Å²) in [4.78, 5) is 7.98. The number of halogens is 4. The summed E-state index contributed by atoms with van der Waals surface area (Å²) >= 11 is 0. The van der Waals surface area contributed by atoms with Gasteiger partial charge in [0.2, 0.25) is 0 Å². The van der Waals surface area contributed by atoms with Crippen molar-refractivity contribution in [2.24, 2.45) is 0 Å². The van der Waals surface area contributed by atoms with Gasteiger partial charge in [0.1, 0.15) is 17.2 Å². The minimum absolute atomic E-state index is 0.0595. The first-order valence-corrected chi connectivity index (χ1v) is 8.05. The Morgan fingerprint density at radius 2 is 1.81 bits per heavy atom. The van der Waals surface area contributed by atoms with E-state index in [-0.39, 0.29) is 23.0 Å². The van der Waals surface area contributed by atoms with E-state index in [2.05, 4.69) is 20.2 Å². The molecule has 140 valence electrons. The summed E-state index contributed by atoms with van der Waals surface area (Å²) in [7, 11) is 0. The molecule has 0 radical (unpaired) electrons. The zero-order chi connectivity index (χ0) is 19.0. The van der Waals surface area contributed by atoms with Crippen molar-refractivity contribution in [3.8, 4) is 17.5 Å². The first-order valence-electron chi connectivity index (χ1n) is 8.05. The maximum absolute atomic E-state index is 14.2. The summed E-state index contributed by atoms with van der Waals surface area (Å²) in [6.07, 6.45) is 1.40. The molecule has 1 aliphatic rings. The zero-order valence-electron chi connectivity index (χ0n) is 13.7. The van der Waals surface area contributed by atoms with Crippen LogP contribution in [0, 0.1) is 11.6 Å². The van der Waals surface area contributed by atoms with Crippen molar-refractivity contribution in [3.63, 3.8) is 0 Å². The summed E-state index contributed by atoms with van der Waals surface area (Å²) in [5, 5.41) is 6.72. The number of hydrogen-bond acceptors (Lipinski definition) is 6. The van der Waals surface area contributed by atoms with Gasteiger partial charge in [0.05, 0.1) is 5.56 Å². The molecule has 27 heavy (non-hydrogen) atoms. The molecule has 0 N–H and O–H groups in total. The average Bonchev–Trinajstić information content (AvgIpc) is 3.11. The molecule has 1 aromatic carbocycles. The average molecular weight is 380 g/mol. The van der Waals surface area contributed by atoms with Crippen molar-refractivity contribution >= 4 is 0 Å². The molecule has 0 atom stereocenters. The number of nitrogens with zero attached hydrogens (tertiary/aromatic N) is 4. The van der Waals surface area contributed by atoms with Gasteiger partial charge in [-0.1, -0.05) is 0 Å². The van der Waals surface area contributed by atoms with E-state index in [1.165, 1.54) is 12.4 Å². The van der Waals surface area contributed by atoms with Crippen LogP contribution >= 0.6 is 0 Å². The normalized spacial score (nSPS) is 15.6. The van der Waals surface area contributed by atoms with Crippen LogP contribution in [0.1, 0.15) is 37.1 Å². The molecular weight excluding hydrogens is 368 g/mol. The molecule has 1 saturated carbocycles. The molecule has 4 rings (SSSR count). The second kappa shape index (κ2) is 6.60. The van der Waals surface area contributed by atoms with Crippen molar-refractivity contribution in [2.75, 3.05) is 0 Å². The van der Waals surface area contributed by atoms with E-state index in [1.807, 2.05) is 0 Å². The molecular formula is C17H12F4N4O2. The summed E-state index contributed by atoms with van der Waals surface area (Å²) in [6, 6.07) is 3.13. The highest BCUT2D eigenvalue weighted by Crippen LogP contribution is 2.45. The Morgan fingerprint density at radius 1 is 1.07 bits per heavy atom. The van der Waals surface area contributed by atoms with Crippen LogP contribution in [0.15, 0.2) is 35.0 Å². The summed E-state index contributed by atoms with van der Waals surface area (Å²) in [5.41, 5.74) is -0.706. The molecule has 0 saturated heterocycles. The summed E-state index contributed by atoms with van der Waals surface area (Å²) < 4.78 is 63.3. The van der Waals surface area contributed by atoms with Crippen LogP contribution < -0.4 is 4.74 Å². The lowest BCUT2D eigenvalue weighted by molar-refractivity contribution is -0.0234. The fraction of sp³-hybridized carbons (Fsp3) is 0.294. The van der Waals surface area contributed by atoms with Crippen LogP contribution in [-0.2, 0) is 5.60 Å². The standard InChI is InChI=1S/C17H12F4N4O2/c18-10-2-3-12(19)11(6-10)17(4-1-5-17)27-16-22-7-9(8-23-16)14-24-25-15(26-14)13(20)21/h2-3,6-8,13H,1,4-5H2. The van der Waals surface area contributed by atoms with Gasteiger partial charge in [-0.05, 0) is 37.5 Å². The van der Waals surface area contributed by atoms with Crippen LogP contribution in [0.4, 0.5) is 17.6 Å². The molecule has 2 aromatic heterocycles. The van der Waals surface area contributed by atoms with Gasteiger partial charge in [-0.3, -0.25) is 0 Å². The van der Waals surface area contributed by atoms with Gasteiger partial charge in [-0.25, -0.2) is 18.7 Å². The minimum atomic E-state index is -2.88. The van der Waals surface area contributed by atoms with Crippen molar-refractivity contribution in [3.05, 3.63) is 53.7 Å². The van der Waals surface area contributed by atoms with E-state index in [4.69, 9.17) is 9.15 Å². The highest BCUT2D eigenvalue weighted by atomic mass is 19.3. The Hall–Kier alpha value is -3.04. The van der Waals surface area contributed by atoms with Crippen molar-refractivity contribution < 1.29 is 26.7 Å². The number of rotatable bonds is 5. The first kappa shape index (κ1) is 17.4. The highest BCUT2D eigenvalue weighted by molar-refractivity contribution is 5.49. The van der Waals surface area contributed by atoms with E-state index < -0.39 is 29.6 Å². The maximum atomic E-state index is 14.2. The molecule has 0 bridgehead atoms. The van der Waals surface area contributed by atoms with Crippen molar-refractivity contribution in [1.29, 1.82) is 0 Å². The van der Waals surface area contributed by atoms with Crippen molar-refractivity contribution in [2.45, 2.75) is 31.3 Å².